The zero-order chi connectivity index (χ0) is 19.5. The number of rotatable bonds is 6. The predicted octanol–water partition coefficient (Wildman–Crippen LogP) is 4.22. The third-order valence-electron chi connectivity index (χ3n) is 5.25. The highest BCUT2D eigenvalue weighted by Crippen LogP contribution is 2.38. The summed E-state index contributed by atoms with van der Waals surface area (Å²) in [6.45, 7) is 1.65. The van der Waals surface area contributed by atoms with Gasteiger partial charge in [-0.15, -0.1) is 0 Å². The van der Waals surface area contributed by atoms with Crippen molar-refractivity contribution in [1.82, 2.24) is 19.2 Å². The lowest BCUT2D eigenvalue weighted by molar-refractivity contribution is 0.187. The molecule has 1 fully saturated rings. The molecule has 0 N–H and O–H groups in total. The second-order valence-electron chi connectivity index (χ2n) is 6.84. The molecule has 0 amide bonds. The fourth-order valence-electron chi connectivity index (χ4n) is 3.81. The molecule has 1 atom stereocenters. The van der Waals surface area contributed by atoms with Crippen LogP contribution in [0.4, 0.5) is 0 Å². The summed E-state index contributed by atoms with van der Waals surface area (Å²) in [6.07, 6.45) is 4.00. The van der Waals surface area contributed by atoms with Crippen molar-refractivity contribution in [2.24, 2.45) is 0 Å². The maximum atomic E-state index is 5.67. The van der Waals surface area contributed by atoms with Crippen LogP contribution >= 0.6 is 12.2 Å². The van der Waals surface area contributed by atoms with Gasteiger partial charge in [0.15, 0.2) is 0 Å². The molecule has 0 bridgehead atoms. The van der Waals surface area contributed by atoms with Gasteiger partial charge in [-0.2, -0.15) is 5.10 Å². The van der Waals surface area contributed by atoms with Gasteiger partial charge in [0, 0.05) is 29.9 Å². The van der Waals surface area contributed by atoms with Gasteiger partial charge < -0.3 is 9.47 Å². The zero-order valence-electron chi connectivity index (χ0n) is 16.1. The van der Waals surface area contributed by atoms with Gasteiger partial charge in [0.1, 0.15) is 17.8 Å². The summed E-state index contributed by atoms with van der Waals surface area (Å²) in [5, 5.41) is 4.54. The SMILES string of the molecule is COc1ccc([C@H]2CCCN2Cn2ncn(-c3ccccc3)c2=S)c(OC)c1. The van der Waals surface area contributed by atoms with Crippen LogP contribution < -0.4 is 9.47 Å². The third kappa shape index (κ3) is 3.55. The van der Waals surface area contributed by atoms with Crippen LogP contribution in [0.5, 0.6) is 11.5 Å². The number of ether oxygens (including phenoxy) is 2. The van der Waals surface area contributed by atoms with Crippen molar-refractivity contribution in [2.75, 3.05) is 20.8 Å². The van der Waals surface area contributed by atoms with E-state index in [9.17, 15) is 0 Å². The second-order valence-corrected chi connectivity index (χ2v) is 7.20. The largest absolute Gasteiger partial charge is 0.497 e. The molecule has 0 unspecified atom stereocenters. The first kappa shape index (κ1) is 18.7. The van der Waals surface area contributed by atoms with Crippen LogP contribution in [0, 0.1) is 4.77 Å². The number of likely N-dealkylation sites (tertiary alicyclic amines) is 1. The van der Waals surface area contributed by atoms with Gasteiger partial charge in [-0.25, -0.2) is 4.68 Å². The monoisotopic (exact) mass is 396 g/mol. The number of hydrogen-bond acceptors (Lipinski definition) is 5. The Balaban J connectivity index is 1.59. The Labute approximate surface area is 169 Å². The minimum Gasteiger partial charge on any atom is -0.497 e. The molecule has 2 aromatic carbocycles. The smallest absolute Gasteiger partial charge is 0.203 e. The molecule has 28 heavy (non-hydrogen) atoms. The summed E-state index contributed by atoms with van der Waals surface area (Å²) in [4.78, 5) is 2.41. The van der Waals surface area contributed by atoms with Crippen molar-refractivity contribution in [2.45, 2.75) is 25.6 Å². The minimum absolute atomic E-state index is 0.268. The summed E-state index contributed by atoms with van der Waals surface area (Å²) < 4.78 is 15.5. The average molecular weight is 397 g/mol. The van der Waals surface area contributed by atoms with Crippen molar-refractivity contribution in [3.63, 3.8) is 0 Å². The lowest BCUT2D eigenvalue weighted by atomic mass is 10.0. The molecule has 3 aromatic rings. The first-order chi connectivity index (χ1) is 13.7. The Morgan fingerprint density at radius 2 is 1.93 bits per heavy atom. The molecule has 0 radical (unpaired) electrons. The first-order valence-corrected chi connectivity index (χ1v) is 9.78. The van der Waals surface area contributed by atoms with E-state index >= 15 is 0 Å². The van der Waals surface area contributed by atoms with Gasteiger partial charge in [0.05, 0.1) is 20.9 Å². The van der Waals surface area contributed by atoms with E-state index in [-0.39, 0.29) is 6.04 Å². The standard InChI is InChI=1S/C21H24N4O2S/c1-26-17-10-11-18(20(13-17)27-2)19-9-6-12-23(19)15-25-21(28)24(14-22-25)16-7-4-3-5-8-16/h3-5,7-8,10-11,13-14,19H,6,9,12,15H2,1-2H3/t19-/m1/s1. The molecule has 0 aliphatic carbocycles. The van der Waals surface area contributed by atoms with E-state index in [0.29, 0.717) is 11.4 Å². The van der Waals surface area contributed by atoms with Crippen LogP contribution in [-0.4, -0.2) is 40.0 Å². The summed E-state index contributed by atoms with van der Waals surface area (Å²) in [6, 6.07) is 16.4. The average Bonchev–Trinajstić information content (AvgIpc) is 3.35. The highest BCUT2D eigenvalue weighted by atomic mass is 32.1. The number of aromatic nitrogens is 3. The van der Waals surface area contributed by atoms with Crippen LogP contribution in [0.15, 0.2) is 54.9 Å². The molecule has 2 heterocycles. The molecular weight excluding hydrogens is 372 g/mol. The highest BCUT2D eigenvalue weighted by molar-refractivity contribution is 7.71. The van der Waals surface area contributed by atoms with Gasteiger partial charge >= 0.3 is 0 Å². The number of benzene rings is 2. The molecule has 1 aliphatic heterocycles. The van der Waals surface area contributed by atoms with Crippen molar-refractivity contribution < 1.29 is 9.47 Å². The first-order valence-electron chi connectivity index (χ1n) is 9.37. The van der Waals surface area contributed by atoms with Crippen LogP contribution in [0.3, 0.4) is 0 Å². The molecule has 7 heteroatoms. The van der Waals surface area contributed by atoms with Gasteiger partial charge in [0.25, 0.3) is 0 Å². The van der Waals surface area contributed by atoms with E-state index < -0.39 is 0 Å². The normalized spacial score (nSPS) is 17.0. The van der Waals surface area contributed by atoms with E-state index in [4.69, 9.17) is 21.7 Å². The van der Waals surface area contributed by atoms with Gasteiger partial charge in [-0.05, 0) is 43.3 Å². The molecule has 0 saturated carbocycles. The minimum atomic E-state index is 0.268. The Bertz CT molecular complexity index is 999. The van der Waals surface area contributed by atoms with Crippen LogP contribution in [-0.2, 0) is 6.67 Å². The zero-order valence-corrected chi connectivity index (χ0v) is 16.9. The van der Waals surface area contributed by atoms with E-state index in [2.05, 4.69) is 16.1 Å². The van der Waals surface area contributed by atoms with Crippen molar-refractivity contribution in [1.29, 1.82) is 0 Å². The molecule has 0 spiro atoms. The fraction of sp³-hybridized carbons (Fsp3) is 0.333. The highest BCUT2D eigenvalue weighted by Gasteiger charge is 2.29. The van der Waals surface area contributed by atoms with E-state index in [1.807, 2.05) is 51.7 Å². The predicted molar refractivity (Wildman–Crippen MR) is 111 cm³/mol. The summed E-state index contributed by atoms with van der Waals surface area (Å²) >= 11 is 5.67. The Morgan fingerprint density at radius 3 is 2.68 bits per heavy atom. The number of hydrogen-bond donors (Lipinski definition) is 0. The third-order valence-corrected chi connectivity index (χ3v) is 5.65. The van der Waals surface area contributed by atoms with Crippen LogP contribution in [0.1, 0.15) is 24.4 Å². The van der Waals surface area contributed by atoms with Gasteiger partial charge in [-0.1, -0.05) is 24.3 Å². The van der Waals surface area contributed by atoms with Gasteiger partial charge in [0.2, 0.25) is 4.77 Å². The Hall–Kier alpha value is -2.64. The maximum absolute atomic E-state index is 5.67. The van der Waals surface area contributed by atoms with E-state index in [0.717, 1.165) is 36.6 Å². The molecule has 1 aromatic heterocycles. The number of para-hydroxylation sites is 1. The quantitative estimate of drug-likeness (QED) is 0.584. The van der Waals surface area contributed by atoms with Crippen molar-refractivity contribution >= 4 is 12.2 Å². The molecule has 6 nitrogen and oxygen atoms in total. The molecule has 146 valence electrons. The summed E-state index contributed by atoms with van der Waals surface area (Å²) in [5.41, 5.74) is 2.20. The number of nitrogens with zero attached hydrogens (tertiary/aromatic N) is 4. The molecule has 1 saturated heterocycles. The van der Waals surface area contributed by atoms with Crippen LogP contribution in [0.2, 0.25) is 0 Å². The van der Waals surface area contributed by atoms with Crippen LogP contribution in [0.25, 0.3) is 5.69 Å². The molecule has 4 rings (SSSR count). The Morgan fingerprint density at radius 1 is 1.11 bits per heavy atom. The Kier molecular flexibility index (Phi) is 5.45. The summed E-state index contributed by atoms with van der Waals surface area (Å²) in [5.74, 6) is 1.66. The topological polar surface area (TPSA) is 44.5 Å². The second kappa shape index (κ2) is 8.16. The lowest BCUT2D eigenvalue weighted by Gasteiger charge is -2.26. The molecule has 1 aliphatic rings. The summed E-state index contributed by atoms with van der Waals surface area (Å²) in [7, 11) is 3.37. The van der Waals surface area contributed by atoms with E-state index in [1.54, 1.807) is 20.5 Å². The van der Waals surface area contributed by atoms with Crippen molar-refractivity contribution in [3.05, 3.63) is 65.2 Å². The fourth-order valence-corrected chi connectivity index (χ4v) is 4.07. The number of methoxy groups -OCH3 is 2. The van der Waals surface area contributed by atoms with Gasteiger partial charge in [-0.3, -0.25) is 9.47 Å². The molecular formula is C21H24N4O2S. The lowest BCUT2D eigenvalue weighted by Crippen LogP contribution is -2.27. The van der Waals surface area contributed by atoms with Crippen molar-refractivity contribution in [3.8, 4) is 17.2 Å². The van der Waals surface area contributed by atoms with E-state index in [1.165, 1.54) is 5.56 Å². The maximum Gasteiger partial charge on any atom is 0.203 e.